The second-order valence-electron chi connectivity index (χ2n) is 4.38. The fourth-order valence-corrected chi connectivity index (χ4v) is 1.93. The molecule has 0 bridgehead atoms. The lowest BCUT2D eigenvalue weighted by molar-refractivity contribution is -0.138. The van der Waals surface area contributed by atoms with Crippen LogP contribution in [-0.2, 0) is 9.53 Å². The molecule has 0 saturated carbocycles. The third kappa shape index (κ3) is 4.49. The average molecular weight is 282 g/mol. The van der Waals surface area contributed by atoms with E-state index in [9.17, 15) is 4.79 Å². The molecule has 0 heterocycles. The first kappa shape index (κ1) is 14.9. The number of hydrogen-bond donors (Lipinski definition) is 0. The largest absolute Gasteiger partial charge is 0.489 e. The Kier molecular flexibility index (Phi) is 5.59. The molecule has 0 fully saturated rings. The normalized spacial score (nSPS) is 10.5. The van der Waals surface area contributed by atoms with E-state index in [0.29, 0.717) is 6.61 Å². The van der Waals surface area contributed by atoms with E-state index < -0.39 is 0 Å². The summed E-state index contributed by atoms with van der Waals surface area (Å²) in [5.74, 6) is 0.434. The maximum atomic E-state index is 11.2. The molecule has 2 aromatic rings. The molecule has 0 N–H and O–H groups in total. The van der Waals surface area contributed by atoms with Crippen molar-refractivity contribution in [2.24, 2.45) is 0 Å². The predicted octanol–water partition coefficient (Wildman–Crippen LogP) is 3.85. The van der Waals surface area contributed by atoms with Gasteiger partial charge in [0, 0.05) is 11.6 Å². The number of ether oxygens (including phenoxy) is 2. The Labute approximate surface area is 124 Å². The van der Waals surface area contributed by atoms with Gasteiger partial charge in [0.15, 0.2) is 0 Å². The summed E-state index contributed by atoms with van der Waals surface area (Å²) in [6.45, 7) is 2.33. The molecule has 3 nitrogen and oxygen atoms in total. The van der Waals surface area contributed by atoms with Crippen LogP contribution in [0.3, 0.4) is 0 Å². The fourth-order valence-electron chi connectivity index (χ4n) is 1.93. The van der Waals surface area contributed by atoms with Gasteiger partial charge in [-0.25, -0.2) is 4.79 Å². The van der Waals surface area contributed by atoms with Crippen molar-refractivity contribution < 1.29 is 14.3 Å². The Balaban J connectivity index is 1.97. The molecule has 0 atom stereocenters. The molecular weight excluding hydrogens is 264 g/mol. The van der Waals surface area contributed by atoms with Crippen LogP contribution >= 0.6 is 0 Å². The van der Waals surface area contributed by atoms with Crippen LogP contribution in [0, 0.1) is 0 Å². The number of esters is 1. The van der Waals surface area contributed by atoms with E-state index in [2.05, 4.69) is 0 Å². The summed E-state index contributed by atoms with van der Waals surface area (Å²) in [4.78, 5) is 11.2. The second kappa shape index (κ2) is 7.90. The molecule has 0 spiro atoms. The first-order chi connectivity index (χ1) is 10.3. The van der Waals surface area contributed by atoms with E-state index in [4.69, 9.17) is 9.47 Å². The van der Waals surface area contributed by atoms with Crippen LogP contribution in [0.5, 0.6) is 5.75 Å². The van der Waals surface area contributed by atoms with Crippen LogP contribution < -0.4 is 4.74 Å². The zero-order chi connectivity index (χ0) is 14.9. The molecule has 0 saturated heterocycles. The van der Waals surface area contributed by atoms with Crippen molar-refractivity contribution in [3.05, 3.63) is 66.7 Å². The maximum Gasteiger partial charge on any atom is 0.330 e. The maximum absolute atomic E-state index is 11.2. The van der Waals surface area contributed by atoms with Gasteiger partial charge >= 0.3 is 5.97 Å². The van der Waals surface area contributed by atoms with Gasteiger partial charge in [-0.2, -0.15) is 0 Å². The average Bonchev–Trinajstić information content (AvgIpc) is 2.53. The van der Waals surface area contributed by atoms with Gasteiger partial charge in [-0.15, -0.1) is 0 Å². The molecule has 0 aliphatic heterocycles. The minimum atomic E-state index is -0.350. The summed E-state index contributed by atoms with van der Waals surface area (Å²) in [7, 11) is 0. The summed E-state index contributed by atoms with van der Waals surface area (Å²) in [6, 6.07) is 17.9. The summed E-state index contributed by atoms with van der Waals surface area (Å²) >= 11 is 0. The Morgan fingerprint density at radius 3 is 2.48 bits per heavy atom. The van der Waals surface area contributed by atoms with Crippen molar-refractivity contribution in [2.75, 3.05) is 13.2 Å². The zero-order valence-electron chi connectivity index (χ0n) is 12.0. The van der Waals surface area contributed by atoms with Crippen molar-refractivity contribution in [2.45, 2.75) is 6.92 Å². The van der Waals surface area contributed by atoms with Gasteiger partial charge in [0.1, 0.15) is 19.0 Å². The van der Waals surface area contributed by atoms with E-state index in [1.165, 1.54) is 6.08 Å². The minimum absolute atomic E-state index is 0.228. The lowest BCUT2D eigenvalue weighted by Crippen LogP contribution is -2.10. The van der Waals surface area contributed by atoms with Gasteiger partial charge in [0.2, 0.25) is 0 Å². The smallest absolute Gasteiger partial charge is 0.330 e. The molecular formula is C18H18O3. The Morgan fingerprint density at radius 2 is 1.71 bits per heavy atom. The summed E-state index contributed by atoms with van der Waals surface area (Å²) in [6.07, 6.45) is 3.03. The van der Waals surface area contributed by atoms with Crippen LogP contribution in [0.25, 0.3) is 11.1 Å². The molecule has 108 valence electrons. The topological polar surface area (TPSA) is 35.5 Å². The van der Waals surface area contributed by atoms with Crippen LogP contribution in [0.4, 0.5) is 0 Å². The highest BCUT2D eigenvalue weighted by atomic mass is 16.6. The quantitative estimate of drug-likeness (QED) is 0.458. The SMILES string of the molecule is CC=CC(=O)OCCOc1ccccc1-c1ccccc1. The minimum Gasteiger partial charge on any atom is -0.489 e. The van der Waals surface area contributed by atoms with E-state index in [1.54, 1.807) is 13.0 Å². The summed E-state index contributed by atoms with van der Waals surface area (Å²) < 4.78 is 10.7. The van der Waals surface area contributed by atoms with E-state index >= 15 is 0 Å². The van der Waals surface area contributed by atoms with Gasteiger partial charge in [0.05, 0.1) is 0 Å². The third-order valence-corrected chi connectivity index (χ3v) is 2.86. The Morgan fingerprint density at radius 1 is 1.00 bits per heavy atom. The second-order valence-corrected chi connectivity index (χ2v) is 4.38. The monoisotopic (exact) mass is 282 g/mol. The van der Waals surface area contributed by atoms with Crippen LogP contribution in [0.2, 0.25) is 0 Å². The predicted molar refractivity (Wildman–Crippen MR) is 83.1 cm³/mol. The number of benzene rings is 2. The molecule has 0 aliphatic carbocycles. The number of para-hydroxylation sites is 1. The molecule has 0 radical (unpaired) electrons. The van der Waals surface area contributed by atoms with Crippen molar-refractivity contribution in [1.29, 1.82) is 0 Å². The number of carbonyl (C=O) groups excluding carboxylic acids is 1. The molecule has 21 heavy (non-hydrogen) atoms. The van der Waals surface area contributed by atoms with Gasteiger partial charge in [-0.05, 0) is 18.6 Å². The Hall–Kier alpha value is -2.55. The van der Waals surface area contributed by atoms with Crippen molar-refractivity contribution in [1.82, 2.24) is 0 Å². The van der Waals surface area contributed by atoms with Gasteiger partial charge in [0.25, 0.3) is 0 Å². The van der Waals surface area contributed by atoms with Crippen LogP contribution in [0.1, 0.15) is 6.92 Å². The molecule has 2 rings (SSSR count). The van der Waals surface area contributed by atoms with E-state index in [0.717, 1.165) is 16.9 Å². The number of hydrogen-bond acceptors (Lipinski definition) is 3. The molecule has 0 unspecified atom stereocenters. The van der Waals surface area contributed by atoms with Gasteiger partial charge < -0.3 is 9.47 Å². The first-order valence-corrected chi connectivity index (χ1v) is 6.88. The molecule has 3 heteroatoms. The summed E-state index contributed by atoms with van der Waals surface area (Å²) in [5.41, 5.74) is 2.12. The standard InChI is InChI=1S/C18H18O3/c1-2-8-18(19)21-14-13-20-17-12-7-6-11-16(17)15-9-4-3-5-10-15/h2-12H,13-14H2,1H3. The zero-order valence-corrected chi connectivity index (χ0v) is 12.0. The van der Waals surface area contributed by atoms with Gasteiger partial charge in [-0.3, -0.25) is 0 Å². The first-order valence-electron chi connectivity index (χ1n) is 6.88. The van der Waals surface area contributed by atoms with E-state index in [1.807, 2.05) is 54.6 Å². The lowest BCUT2D eigenvalue weighted by atomic mass is 10.1. The van der Waals surface area contributed by atoms with Crippen LogP contribution in [0.15, 0.2) is 66.7 Å². The molecule has 0 aliphatic rings. The molecule has 0 aromatic heterocycles. The fraction of sp³-hybridized carbons (Fsp3) is 0.167. The third-order valence-electron chi connectivity index (χ3n) is 2.86. The lowest BCUT2D eigenvalue weighted by Gasteiger charge is -2.11. The molecule has 0 amide bonds. The van der Waals surface area contributed by atoms with Gasteiger partial charge in [-0.1, -0.05) is 54.6 Å². The van der Waals surface area contributed by atoms with Crippen molar-refractivity contribution in [3.63, 3.8) is 0 Å². The highest BCUT2D eigenvalue weighted by molar-refractivity contribution is 5.81. The highest BCUT2D eigenvalue weighted by Crippen LogP contribution is 2.29. The van der Waals surface area contributed by atoms with Crippen LogP contribution in [-0.4, -0.2) is 19.2 Å². The number of allylic oxidation sites excluding steroid dienone is 1. The van der Waals surface area contributed by atoms with Crippen molar-refractivity contribution >= 4 is 5.97 Å². The number of carbonyl (C=O) groups is 1. The number of rotatable bonds is 6. The van der Waals surface area contributed by atoms with E-state index in [-0.39, 0.29) is 12.6 Å². The Bertz CT molecular complexity index is 603. The highest BCUT2D eigenvalue weighted by Gasteiger charge is 2.05. The molecule has 2 aromatic carbocycles. The summed E-state index contributed by atoms with van der Waals surface area (Å²) in [5, 5.41) is 0. The van der Waals surface area contributed by atoms with Crippen molar-refractivity contribution in [3.8, 4) is 16.9 Å².